The summed E-state index contributed by atoms with van der Waals surface area (Å²) in [5, 5.41) is 2.37. The second-order valence-electron chi connectivity index (χ2n) is 11.9. The van der Waals surface area contributed by atoms with Crippen molar-refractivity contribution in [2.45, 2.75) is 58.2 Å². The Kier molecular flexibility index (Phi) is 8.53. The SMILES string of the molecule is COC(=O)c1cc([C@H]2C[C@H](CN(CCc3cccc4ccccc34)C(=O)OC(C)(C)C)Oc3ccccc32)ccc1C. The fourth-order valence-corrected chi connectivity index (χ4v) is 5.70. The molecule has 0 radical (unpaired) electrons. The van der Waals surface area contributed by atoms with E-state index in [1.807, 2.05) is 70.2 Å². The first-order chi connectivity index (χ1) is 20.1. The molecule has 2 atom stereocenters. The Morgan fingerprint density at radius 3 is 2.48 bits per heavy atom. The number of amides is 1. The number of esters is 1. The van der Waals surface area contributed by atoms with Crippen molar-refractivity contribution in [1.29, 1.82) is 0 Å². The molecule has 0 N–H and O–H groups in total. The highest BCUT2D eigenvalue weighted by molar-refractivity contribution is 5.91. The van der Waals surface area contributed by atoms with Crippen LogP contribution in [0.3, 0.4) is 0 Å². The molecule has 0 unspecified atom stereocenters. The van der Waals surface area contributed by atoms with Gasteiger partial charge in [-0.3, -0.25) is 0 Å². The molecule has 1 aliphatic rings. The van der Waals surface area contributed by atoms with Crippen LogP contribution in [0.2, 0.25) is 0 Å². The molecule has 1 aliphatic heterocycles. The molecular formula is C36H39NO5. The van der Waals surface area contributed by atoms with Crippen molar-refractivity contribution >= 4 is 22.8 Å². The van der Waals surface area contributed by atoms with Crippen LogP contribution in [0.15, 0.2) is 84.9 Å². The molecule has 218 valence electrons. The molecule has 4 aromatic rings. The summed E-state index contributed by atoms with van der Waals surface area (Å²) < 4.78 is 17.4. The van der Waals surface area contributed by atoms with Crippen LogP contribution in [0.1, 0.15) is 65.7 Å². The summed E-state index contributed by atoms with van der Waals surface area (Å²) in [6.45, 7) is 8.42. The highest BCUT2D eigenvalue weighted by atomic mass is 16.6. The highest BCUT2D eigenvalue weighted by Gasteiger charge is 2.33. The highest BCUT2D eigenvalue weighted by Crippen LogP contribution is 2.41. The van der Waals surface area contributed by atoms with Crippen molar-refractivity contribution in [3.63, 3.8) is 0 Å². The van der Waals surface area contributed by atoms with E-state index in [4.69, 9.17) is 14.2 Å². The summed E-state index contributed by atoms with van der Waals surface area (Å²) in [6.07, 6.45) is 0.708. The average Bonchev–Trinajstić information content (AvgIpc) is 2.97. The van der Waals surface area contributed by atoms with E-state index >= 15 is 0 Å². The minimum Gasteiger partial charge on any atom is -0.488 e. The maximum absolute atomic E-state index is 13.5. The third kappa shape index (κ3) is 6.59. The number of fused-ring (bicyclic) bond motifs is 2. The predicted molar refractivity (Wildman–Crippen MR) is 165 cm³/mol. The van der Waals surface area contributed by atoms with Crippen molar-refractivity contribution in [2.24, 2.45) is 0 Å². The van der Waals surface area contributed by atoms with Gasteiger partial charge in [0.05, 0.1) is 19.2 Å². The van der Waals surface area contributed by atoms with E-state index in [0.29, 0.717) is 31.5 Å². The van der Waals surface area contributed by atoms with Gasteiger partial charge in [-0.15, -0.1) is 0 Å². The number of methoxy groups -OCH3 is 1. The number of hydrogen-bond acceptors (Lipinski definition) is 5. The second-order valence-corrected chi connectivity index (χ2v) is 11.9. The molecule has 42 heavy (non-hydrogen) atoms. The molecule has 6 nitrogen and oxygen atoms in total. The van der Waals surface area contributed by atoms with Crippen molar-refractivity contribution in [2.75, 3.05) is 20.2 Å². The van der Waals surface area contributed by atoms with Gasteiger partial charge in [0.2, 0.25) is 0 Å². The van der Waals surface area contributed by atoms with Gasteiger partial charge in [-0.2, -0.15) is 0 Å². The number of carbonyl (C=O) groups is 2. The summed E-state index contributed by atoms with van der Waals surface area (Å²) in [7, 11) is 1.40. The summed E-state index contributed by atoms with van der Waals surface area (Å²) in [5.41, 5.74) is 4.07. The third-order valence-electron chi connectivity index (χ3n) is 7.76. The summed E-state index contributed by atoms with van der Waals surface area (Å²) in [4.78, 5) is 27.8. The van der Waals surface area contributed by atoms with Crippen LogP contribution in [0.4, 0.5) is 4.79 Å². The van der Waals surface area contributed by atoms with Crippen molar-refractivity contribution in [3.05, 3.63) is 113 Å². The Balaban J connectivity index is 1.43. The van der Waals surface area contributed by atoms with E-state index in [-0.39, 0.29) is 24.1 Å². The quantitative estimate of drug-likeness (QED) is 0.215. The van der Waals surface area contributed by atoms with Crippen LogP contribution >= 0.6 is 0 Å². The lowest BCUT2D eigenvalue weighted by molar-refractivity contribution is 0.0150. The molecule has 0 bridgehead atoms. The first-order valence-corrected chi connectivity index (χ1v) is 14.5. The Morgan fingerprint density at radius 2 is 1.69 bits per heavy atom. The number of rotatable bonds is 7. The van der Waals surface area contributed by atoms with E-state index in [0.717, 1.165) is 22.4 Å². The van der Waals surface area contributed by atoms with Crippen LogP contribution in [0.5, 0.6) is 5.75 Å². The van der Waals surface area contributed by atoms with Crippen LogP contribution in [-0.4, -0.2) is 48.9 Å². The minimum atomic E-state index is -0.622. The van der Waals surface area contributed by atoms with Gasteiger partial charge in [-0.1, -0.05) is 72.8 Å². The summed E-state index contributed by atoms with van der Waals surface area (Å²) in [6, 6.07) is 28.6. The minimum absolute atomic E-state index is 0.0116. The zero-order valence-electron chi connectivity index (χ0n) is 25.1. The number of hydrogen-bond donors (Lipinski definition) is 0. The predicted octanol–water partition coefficient (Wildman–Crippen LogP) is 7.70. The van der Waals surface area contributed by atoms with Crippen LogP contribution in [-0.2, 0) is 15.9 Å². The summed E-state index contributed by atoms with van der Waals surface area (Å²) >= 11 is 0. The number of para-hydroxylation sites is 1. The Bertz CT molecular complexity index is 1580. The molecule has 0 spiro atoms. The molecule has 0 aliphatic carbocycles. The number of benzene rings is 4. The fraction of sp³-hybridized carbons (Fsp3) is 0.333. The van der Waals surface area contributed by atoms with E-state index in [1.165, 1.54) is 23.4 Å². The van der Waals surface area contributed by atoms with E-state index < -0.39 is 5.60 Å². The normalized spacial score (nSPS) is 16.3. The molecule has 0 aromatic heterocycles. The number of carbonyl (C=O) groups excluding carboxylic acids is 2. The van der Waals surface area contributed by atoms with E-state index in [2.05, 4.69) is 42.5 Å². The average molecular weight is 566 g/mol. The van der Waals surface area contributed by atoms with Crippen LogP contribution < -0.4 is 4.74 Å². The van der Waals surface area contributed by atoms with Gasteiger partial charge in [-0.25, -0.2) is 9.59 Å². The molecule has 0 saturated heterocycles. The van der Waals surface area contributed by atoms with Gasteiger partial charge in [0.1, 0.15) is 17.5 Å². The van der Waals surface area contributed by atoms with Crippen molar-refractivity contribution < 1.29 is 23.8 Å². The Morgan fingerprint density at radius 1 is 0.952 bits per heavy atom. The molecule has 0 saturated carbocycles. The molecular weight excluding hydrogens is 526 g/mol. The second kappa shape index (κ2) is 12.3. The van der Waals surface area contributed by atoms with Crippen LogP contribution in [0.25, 0.3) is 10.8 Å². The molecule has 0 fully saturated rings. The lowest BCUT2D eigenvalue weighted by atomic mass is 9.83. The number of nitrogens with zero attached hydrogens (tertiary/aromatic N) is 1. The van der Waals surface area contributed by atoms with Gasteiger partial charge in [0.25, 0.3) is 0 Å². The van der Waals surface area contributed by atoms with Gasteiger partial charge >= 0.3 is 12.1 Å². The molecule has 1 amide bonds. The maximum atomic E-state index is 13.5. The Hall–Kier alpha value is -4.32. The molecule has 5 rings (SSSR count). The topological polar surface area (TPSA) is 65.1 Å². The molecule has 6 heteroatoms. The fourth-order valence-electron chi connectivity index (χ4n) is 5.70. The Labute approximate surface area is 248 Å². The van der Waals surface area contributed by atoms with E-state index in [1.54, 1.807) is 4.90 Å². The molecule has 1 heterocycles. The van der Waals surface area contributed by atoms with Gasteiger partial charge < -0.3 is 19.1 Å². The lowest BCUT2D eigenvalue weighted by Crippen LogP contribution is -2.45. The van der Waals surface area contributed by atoms with Gasteiger partial charge in [0, 0.05) is 18.0 Å². The van der Waals surface area contributed by atoms with E-state index in [9.17, 15) is 9.59 Å². The van der Waals surface area contributed by atoms with Gasteiger partial charge in [-0.05, 0) is 80.1 Å². The largest absolute Gasteiger partial charge is 0.488 e. The maximum Gasteiger partial charge on any atom is 0.410 e. The molecule has 4 aromatic carbocycles. The lowest BCUT2D eigenvalue weighted by Gasteiger charge is -2.36. The smallest absolute Gasteiger partial charge is 0.410 e. The number of aryl methyl sites for hydroxylation is 1. The standard InChI is InChI=1S/C36H39NO5/c1-24-17-18-27(21-31(24)34(38)40-5)32-22-28(41-33-16-9-8-15-30(32)33)23-37(35(39)42-36(2,3)4)20-19-26-13-10-12-25-11-6-7-14-29(25)26/h6-18,21,28,32H,19-20,22-23H2,1-5H3/t28-,32-/m1/s1. The number of ether oxygens (including phenoxy) is 3. The van der Waals surface area contributed by atoms with Crippen LogP contribution in [0, 0.1) is 6.92 Å². The first-order valence-electron chi connectivity index (χ1n) is 14.5. The zero-order chi connectivity index (χ0) is 29.9. The third-order valence-corrected chi connectivity index (χ3v) is 7.76. The van der Waals surface area contributed by atoms with Crippen molar-refractivity contribution in [3.8, 4) is 5.75 Å². The monoisotopic (exact) mass is 565 g/mol. The zero-order valence-corrected chi connectivity index (χ0v) is 25.1. The first kappa shape index (κ1) is 29.2. The van der Waals surface area contributed by atoms with Crippen molar-refractivity contribution in [1.82, 2.24) is 4.90 Å². The summed E-state index contributed by atoms with van der Waals surface area (Å²) in [5.74, 6) is 0.426. The van der Waals surface area contributed by atoms with Gasteiger partial charge in [0.15, 0.2) is 0 Å².